The predicted octanol–water partition coefficient (Wildman–Crippen LogP) is -1.17. The van der Waals surface area contributed by atoms with Gasteiger partial charge in [0, 0.05) is 9.91 Å². The molecule has 0 saturated carbocycles. The van der Waals surface area contributed by atoms with Crippen LogP contribution in [0.4, 0.5) is 0 Å². The van der Waals surface area contributed by atoms with Crippen LogP contribution >= 0.6 is 8.79 Å². The molecule has 0 aromatic carbocycles. The Labute approximate surface area is 84.1 Å². The van der Waals surface area contributed by atoms with Crippen LogP contribution in [0.3, 0.4) is 0 Å². The van der Waals surface area contributed by atoms with E-state index < -0.39 is 0 Å². The van der Waals surface area contributed by atoms with Gasteiger partial charge in [-0.1, -0.05) is 0 Å². The summed E-state index contributed by atoms with van der Waals surface area (Å²) in [7, 11) is 3.78. The van der Waals surface area contributed by atoms with Gasteiger partial charge in [0.2, 0.25) is 0 Å². The Hall–Kier alpha value is 2.67. The zero-order valence-corrected chi connectivity index (χ0v) is 9.77. The molecule has 0 fully saturated rings. The molecule has 22 valence electrons. The van der Waals surface area contributed by atoms with Gasteiger partial charge in [0.1, 0.15) is 0 Å². The van der Waals surface area contributed by atoms with Gasteiger partial charge in [0.05, 0.1) is 0 Å². The molecule has 1 atom stereocenters. The van der Waals surface area contributed by atoms with E-state index in [1.165, 1.54) is 9.91 Å². The number of rotatable bonds is 0. The Morgan fingerprint density at radius 2 is 1.50 bits per heavy atom. The van der Waals surface area contributed by atoms with E-state index in [1.54, 1.807) is 0 Å². The van der Waals surface area contributed by atoms with E-state index in [0.29, 0.717) is 0 Å². The van der Waals surface area contributed by atoms with Crippen molar-refractivity contribution in [2.45, 2.75) is 0 Å². The van der Waals surface area contributed by atoms with Crippen molar-refractivity contribution in [1.82, 2.24) is 0 Å². The molecule has 1 unspecified atom stereocenters. The van der Waals surface area contributed by atoms with Gasteiger partial charge in [0.15, 0.2) is 0 Å². The second kappa shape index (κ2) is 17.3. The zero-order valence-electron chi connectivity index (χ0n) is 6.99. The van der Waals surface area contributed by atoms with Crippen molar-refractivity contribution >= 4 is 79.5 Å². The topological polar surface area (TPSA) is 0 Å². The summed E-state index contributed by atoms with van der Waals surface area (Å²) in [5.41, 5.74) is 0. The molecular weight excluding hydrogens is 123 g/mol. The molecule has 0 aliphatic heterocycles. The number of hydrogen-bond donors (Lipinski definition) is 0. The molecule has 0 saturated heterocycles. The van der Waals surface area contributed by atoms with Gasteiger partial charge in [-0.25, -0.2) is 0 Å². The van der Waals surface area contributed by atoms with Crippen LogP contribution in [0.2, 0.25) is 0 Å². The van der Waals surface area contributed by atoms with Crippen LogP contribution in [0.25, 0.3) is 0 Å². The maximum Gasteiger partial charge on any atom is 2.00 e. The molecule has 0 aliphatic carbocycles. The zero-order chi connectivity index (χ0) is 2.00. The molecule has 0 aliphatic rings. The molecule has 0 spiro atoms. The Bertz CT molecular complexity index is 16.0. The maximum atomic E-state index is 2.56. The van der Waals surface area contributed by atoms with E-state index >= 15 is 0 Å². The van der Waals surface area contributed by atoms with Crippen molar-refractivity contribution in [2.24, 2.45) is 0 Å². The van der Waals surface area contributed by atoms with E-state index in [0.717, 1.165) is 0 Å². The summed E-state index contributed by atoms with van der Waals surface area (Å²) in [5, 5.41) is 0. The van der Waals surface area contributed by atoms with Gasteiger partial charge in [0.25, 0.3) is 0 Å². The molecule has 0 radical (unpaired) electrons. The summed E-state index contributed by atoms with van der Waals surface area (Å²) < 4.78 is 0. The summed E-state index contributed by atoms with van der Waals surface area (Å²) in [4.78, 5) is 0. The van der Waals surface area contributed by atoms with Crippen LogP contribution in [0.5, 0.6) is 0 Å². The molecule has 0 nitrogen and oxygen atoms in total. The summed E-state index contributed by atoms with van der Waals surface area (Å²) in [5.74, 6) is 0. The van der Waals surface area contributed by atoms with Crippen molar-refractivity contribution in [3.05, 3.63) is 0 Å². The van der Waals surface area contributed by atoms with E-state index in [-0.39, 0.29) is 66.5 Å². The Kier molecular flexibility index (Phi) is 69.0. The van der Waals surface area contributed by atoms with E-state index in [4.69, 9.17) is 0 Å². The van der Waals surface area contributed by atoms with E-state index in [9.17, 15) is 0 Å². The first-order valence-corrected chi connectivity index (χ1v) is 5.20. The minimum absolute atomic E-state index is 0. The minimum atomic E-state index is 0. The van der Waals surface area contributed by atoms with Crippen LogP contribution in [0.1, 0.15) is 5.71 Å². The van der Waals surface area contributed by atoms with Crippen molar-refractivity contribution in [1.29, 1.82) is 0 Å². The van der Waals surface area contributed by atoms with E-state index in [1.807, 2.05) is 0 Å². The summed E-state index contributed by atoms with van der Waals surface area (Å²) in [6, 6.07) is 0. The molecule has 4 heavy (non-hydrogen) atoms. The van der Waals surface area contributed by atoms with E-state index in [2.05, 4.69) is 8.79 Å². The summed E-state index contributed by atoms with van der Waals surface area (Å²) in [6.07, 6.45) is 0. The SMILES string of the molecule is [Ca+2].[H-].[H-].[H-].[H-].[Mg+2].[SiH3]P. The average molecular weight is 133 g/mol. The minimum Gasteiger partial charge on any atom is -1.00 e. The van der Waals surface area contributed by atoms with Crippen molar-refractivity contribution in [2.75, 3.05) is 0 Å². The smallest absolute Gasteiger partial charge is 1.00 e. The van der Waals surface area contributed by atoms with Gasteiger partial charge in [-0.3, -0.25) is 0 Å². The van der Waals surface area contributed by atoms with Crippen LogP contribution in [-0.2, 0) is 0 Å². The Morgan fingerprint density at radius 1 is 1.50 bits per heavy atom. The van der Waals surface area contributed by atoms with Gasteiger partial charge in [-0.05, 0) is 0 Å². The Balaban J connectivity index is -0.000000000333. The van der Waals surface area contributed by atoms with Crippen molar-refractivity contribution in [3.8, 4) is 0 Å². The van der Waals surface area contributed by atoms with Gasteiger partial charge >= 0.3 is 60.8 Å². The average Bonchev–Trinajstić information content (AvgIpc) is 1.00. The van der Waals surface area contributed by atoms with Crippen LogP contribution < -0.4 is 0 Å². The maximum absolute atomic E-state index is 2.56. The molecule has 0 heterocycles. The molecular formula is H9CaMgPSi. The predicted molar refractivity (Wildman–Crippen MR) is 35.6 cm³/mol. The van der Waals surface area contributed by atoms with Crippen LogP contribution in [-0.4, -0.2) is 70.7 Å². The second-order valence-electron chi connectivity index (χ2n) is 0. The fraction of sp³-hybridized carbons (Fsp3) is 0. The molecule has 0 amide bonds. The fourth-order valence-electron chi connectivity index (χ4n) is 0. The molecule has 0 aromatic heterocycles. The molecule has 4 heteroatoms. The Morgan fingerprint density at radius 3 is 1.50 bits per heavy atom. The first-order valence-electron chi connectivity index (χ1n) is 0.577. The van der Waals surface area contributed by atoms with Gasteiger partial charge in [-0.2, -0.15) is 8.79 Å². The number of hydrogen-bond acceptors (Lipinski definition) is 0. The van der Waals surface area contributed by atoms with Crippen LogP contribution in [0, 0.1) is 0 Å². The third kappa shape index (κ3) is 8.82. The van der Waals surface area contributed by atoms with Crippen molar-refractivity contribution in [3.63, 3.8) is 0 Å². The first-order chi connectivity index (χ1) is 1.00. The third-order valence-corrected chi connectivity index (χ3v) is 0. The normalized spacial score (nSPS) is 2.25. The third-order valence-electron chi connectivity index (χ3n) is 0. The van der Waals surface area contributed by atoms with Gasteiger partial charge in [-0.15, -0.1) is 0 Å². The fourth-order valence-corrected chi connectivity index (χ4v) is 0. The summed E-state index contributed by atoms with van der Waals surface area (Å²) >= 11 is 0. The molecule has 0 aromatic rings. The monoisotopic (exact) mass is 132 g/mol. The largest absolute Gasteiger partial charge is 2.00 e. The first kappa shape index (κ1) is 15.9. The second-order valence-corrected chi connectivity index (χ2v) is 0. The van der Waals surface area contributed by atoms with Crippen LogP contribution in [0.15, 0.2) is 0 Å². The molecule has 0 bridgehead atoms. The molecule has 0 rings (SSSR count). The van der Waals surface area contributed by atoms with Gasteiger partial charge < -0.3 is 5.71 Å². The molecule has 0 N–H and O–H groups in total. The quantitative estimate of drug-likeness (QED) is 0.288. The summed E-state index contributed by atoms with van der Waals surface area (Å²) in [6.45, 7) is 0. The standard InChI is InChI=1S/Ca.Mg.H5PSi.4H/c;;1-2;;;;/h;;1H2,2H3;;;;/q2*+2;;4*-1. The van der Waals surface area contributed by atoms with Crippen molar-refractivity contribution < 1.29 is 5.71 Å².